The Morgan fingerprint density at radius 1 is 0.800 bits per heavy atom. The van der Waals surface area contributed by atoms with Gasteiger partial charge in [0.1, 0.15) is 0 Å². The summed E-state index contributed by atoms with van der Waals surface area (Å²) in [6.07, 6.45) is 2.56. The van der Waals surface area contributed by atoms with E-state index in [-0.39, 0.29) is 17.9 Å². The van der Waals surface area contributed by atoms with Gasteiger partial charge in [0, 0.05) is 0 Å². The third-order valence-electron chi connectivity index (χ3n) is 3.39. The smallest absolute Gasteiger partial charge is 0.305 e. The van der Waals surface area contributed by atoms with Gasteiger partial charge in [-0.2, -0.15) is 0 Å². The second-order valence-corrected chi connectivity index (χ2v) is 9.27. The molecule has 0 fully saturated rings. The van der Waals surface area contributed by atoms with Gasteiger partial charge in [-0.15, -0.1) is 0 Å². The Morgan fingerprint density at radius 3 is 1.40 bits per heavy atom. The van der Waals surface area contributed by atoms with Crippen molar-refractivity contribution in [2.45, 2.75) is 92.5 Å². The Kier molecular flexibility index (Phi) is 9.29. The zero-order valence-corrected chi connectivity index (χ0v) is 15.6. The minimum absolute atomic E-state index is 0.0268. The zero-order chi connectivity index (χ0) is 15.9. The molecule has 0 radical (unpaired) electrons. The van der Waals surface area contributed by atoms with Crippen LogP contribution in [-0.4, -0.2) is 17.9 Å². The molecule has 0 rings (SSSR count). The fourth-order valence-corrected chi connectivity index (χ4v) is 4.46. The molecule has 0 aliphatic carbocycles. The van der Waals surface area contributed by atoms with E-state index in [1.807, 2.05) is 27.7 Å². The lowest BCUT2D eigenvalue weighted by molar-refractivity contribution is 0.104. The summed E-state index contributed by atoms with van der Waals surface area (Å²) < 4.78 is 24.9. The van der Waals surface area contributed by atoms with Crippen LogP contribution in [0.2, 0.25) is 0 Å². The molecule has 3 nitrogen and oxygen atoms in total. The van der Waals surface area contributed by atoms with Crippen molar-refractivity contribution in [3.8, 4) is 0 Å². The van der Waals surface area contributed by atoms with Crippen molar-refractivity contribution in [1.29, 1.82) is 0 Å². The van der Waals surface area contributed by atoms with Crippen molar-refractivity contribution >= 4 is 7.60 Å². The minimum atomic E-state index is -3.04. The highest BCUT2D eigenvalue weighted by atomic mass is 31.2. The van der Waals surface area contributed by atoms with Crippen molar-refractivity contribution in [2.24, 2.45) is 11.8 Å². The lowest BCUT2D eigenvalue weighted by Crippen LogP contribution is -2.20. The van der Waals surface area contributed by atoms with E-state index in [0.717, 1.165) is 19.3 Å². The zero-order valence-electron chi connectivity index (χ0n) is 14.7. The largest absolute Gasteiger partial charge is 0.333 e. The van der Waals surface area contributed by atoms with Crippen molar-refractivity contribution in [3.63, 3.8) is 0 Å². The first-order valence-electron chi connectivity index (χ1n) is 8.07. The van der Waals surface area contributed by atoms with E-state index in [0.29, 0.717) is 11.8 Å². The molecule has 3 atom stereocenters. The van der Waals surface area contributed by atoms with Gasteiger partial charge in [0.15, 0.2) is 0 Å². The van der Waals surface area contributed by atoms with Crippen LogP contribution < -0.4 is 0 Å². The Labute approximate surface area is 126 Å². The topological polar surface area (TPSA) is 35.5 Å². The van der Waals surface area contributed by atoms with E-state index in [9.17, 15) is 4.57 Å². The predicted molar refractivity (Wildman–Crippen MR) is 87.4 cm³/mol. The summed E-state index contributed by atoms with van der Waals surface area (Å²) in [5, 5.41) is 0. The molecule has 0 spiro atoms. The summed E-state index contributed by atoms with van der Waals surface area (Å²) in [6.45, 7) is 16.6. The molecule has 0 unspecified atom stereocenters. The molecule has 4 heteroatoms. The molecule has 0 aromatic rings. The van der Waals surface area contributed by atoms with E-state index in [4.69, 9.17) is 9.05 Å². The van der Waals surface area contributed by atoms with Crippen molar-refractivity contribution in [1.82, 2.24) is 0 Å². The first kappa shape index (κ1) is 20.1. The minimum Gasteiger partial charge on any atom is -0.305 e. The average Bonchev–Trinajstić information content (AvgIpc) is 2.24. The summed E-state index contributed by atoms with van der Waals surface area (Å²) in [5.74, 6) is 1.06. The molecule has 0 heterocycles. The normalized spacial score (nSPS) is 17.5. The Morgan fingerprint density at radius 2 is 1.15 bits per heavy atom. The lowest BCUT2D eigenvalue weighted by Gasteiger charge is -2.30. The van der Waals surface area contributed by atoms with Gasteiger partial charge in [-0.1, -0.05) is 41.5 Å². The molecule has 0 aliphatic rings. The lowest BCUT2D eigenvalue weighted by atomic mass is 10.1. The van der Waals surface area contributed by atoms with E-state index in [2.05, 4.69) is 27.7 Å². The summed E-state index contributed by atoms with van der Waals surface area (Å²) in [4.78, 5) is 0. The van der Waals surface area contributed by atoms with Crippen LogP contribution in [0.4, 0.5) is 0 Å². The van der Waals surface area contributed by atoms with Crippen LogP contribution in [0, 0.1) is 11.8 Å². The third kappa shape index (κ3) is 7.81. The maximum absolute atomic E-state index is 13.1. The molecule has 0 bridgehead atoms. The van der Waals surface area contributed by atoms with Crippen LogP contribution >= 0.6 is 7.60 Å². The Balaban J connectivity index is 4.79. The van der Waals surface area contributed by atoms with Crippen LogP contribution in [0.3, 0.4) is 0 Å². The van der Waals surface area contributed by atoms with E-state index in [1.165, 1.54) is 0 Å². The van der Waals surface area contributed by atoms with Crippen molar-refractivity contribution in [3.05, 3.63) is 0 Å². The second kappa shape index (κ2) is 9.23. The van der Waals surface area contributed by atoms with Gasteiger partial charge in [0.2, 0.25) is 0 Å². The molecular weight excluding hydrogens is 271 g/mol. The van der Waals surface area contributed by atoms with Crippen LogP contribution in [0.25, 0.3) is 0 Å². The summed E-state index contributed by atoms with van der Waals surface area (Å²) in [6, 6.07) is 0. The fraction of sp³-hybridized carbons (Fsp3) is 1.00. The quantitative estimate of drug-likeness (QED) is 0.473. The Hall–Kier alpha value is 0.150. The first-order chi connectivity index (χ1) is 9.10. The highest BCUT2D eigenvalue weighted by Gasteiger charge is 2.35. The van der Waals surface area contributed by atoms with Crippen molar-refractivity contribution < 1.29 is 13.6 Å². The number of hydrogen-bond acceptors (Lipinski definition) is 3. The molecular formula is C16H35O3P. The van der Waals surface area contributed by atoms with Crippen LogP contribution in [-0.2, 0) is 13.6 Å². The van der Waals surface area contributed by atoms with Crippen LogP contribution in [0.5, 0.6) is 0 Å². The monoisotopic (exact) mass is 306 g/mol. The predicted octanol–water partition coefficient (Wildman–Crippen LogP) is 5.88. The van der Waals surface area contributed by atoms with Crippen LogP contribution in [0.1, 0.15) is 74.7 Å². The molecule has 122 valence electrons. The molecule has 0 saturated carbocycles. The summed E-state index contributed by atoms with van der Waals surface area (Å²) in [5.41, 5.74) is -0.0493. The van der Waals surface area contributed by atoms with Crippen molar-refractivity contribution in [2.75, 3.05) is 0 Å². The summed E-state index contributed by atoms with van der Waals surface area (Å²) >= 11 is 0. The third-order valence-corrected chi connectivity index (χ3v) is 6.14. The molecule has 0 aromatic heterocycles. The number of rotatable bonds is 10. The van der Waals surface area contributed by atoms with Gasteiger partial charge >= 0.3 is 7.60 Å². The molecule has 0 amide bonds. The SMILES string of the molecule is CC[C@H](C)P(=O)(O[C@@H](C)CC(C)C)O[C@@H](C)CC(C)C. The van der Waals surface area contributed by atoms with E-state index < -0.39 is 7.60 Å². The maximum atomic E-state index is 13.1. The van der Waals surface area contributed by atoms with Gasteiger partial charge < -0.3 is 9.05 Å². The summed E-state index contributed by atoms with van der Waals surface area (Å²) in [7, 11) is -3.04. The number of hydrogen-bond donors (Lipinski definition) is 0. The van der Waals surface area contributed by atoms with Gasteiger partial charge in [-0.05, 0) is 44.9 Å². The maximum Gasteiger partial charge on any atom is 0.333 e. The molecule has 0 N–H and O–H groups in total. The Bertz CT molecular complexity index is 280. The first-order valence-corrected chi connectivity index (χ1v) is 9.68. The standard InChI is InChI=1S/C16H35O3P/c1-9-16(8)20(17,18-14(6)10-12(2)3)19-15(7)11-13(4)5/h12-16H,9-11H2,1-8H3/t14-,15-,16-/m0/s1. The fourth-order valence-electron chi connectivity index (χ4n) is 2.37. The highest BCUT2D eigenvalue weighted by Crippen LogP contribution is 2.56. The molecule has 0 saturated heterocycles. The average molecular weight is 306 g/mol. The van der Waals surface area contributed by atoms with Gasteiger partial charge in [-0.3, -0.25) is 4.57 Å². The second-order valence-electron chi connectivity index (χ2n) is 6.89. The van der Waals surface area contributed by atoms with E-state index >= 15 is 0 Å². The van der Waals surface area contributed by atoms with Crippen LogP contribution in [0.15, 0.2) is 0 Å². The molecule has 0 aromatic carbocycles. The molecule has 20 heavy (non-hydrogen) atoms. The molecule has 0 aliphatic heterocycles. The van der Waals surface area contributed by atoms with Gasteiger partial charge in [0.05, 0.1) is 17.9 Å². The van der Waals surface area contributed by atoms with Gasteiger partial charge in [-0.25, -0.2) is 0 Å². The highest BCUT2D eigenvalue weighted by molar-refractivity contribution is 7.54. The van der Waals surface area contributed by atoms with E-state index in [1.54, 1.807) is 0 Å². The van der Waals surface area contributed by atoms with Gasteiger partial charge in [0.25, 0.3) is 0 Å².